The summed E-state index contributed by atoms with van der Waals surface area (Å²) in [7, 11) is 1.29. The molecule has 3 fully saturated rings. The maximum Gasteiger partial charge on any atom is 0.407 e. The second-order valence-corrected chi connectivity index (χ2v) is 13.8. The van der Waals surface area contributed by atoms with Gasteiger partial charge in [-0.15, -0.1) is 0 Å². The summed E-state index contributed by atoms with van der Waals surface area (Å²) in [6, 6.07) is 18.7. The highest BCUT2D eigenvalue weighted by Crippen LogP contribution is 2.43. The van der Waals surface area contributed by atoms with Gasteiger partial charge in [0.05, 0.1) is 50.5 Å². The molecule has 0 saturated carbocycles. The van der Waals surface area contributed by atoms with Crippen molar-refractivity contribution < 1.29 is 23.8 Å². The van der Waals surface area contributed by atoms with Crippen LogP contribution in [0.1, 0.15) is 50.5 Å². The third kappa shape index (κ3) is 5.89. The van der Waals surface area contributed by atoms with E-state index in [2.05, 4.69) is 70.2 Å². The molecule has 4 aliphatic rings. The first-order chi connectivity index (χ1) is 23.8. The highest BCUT2D eigenvalue weighted by Gasteiger charge is 2.52. The molecule has 49 heavy (non-hydrogen) atoms. The average molecular weight is 663 g/mol. The van der Waals surface area contributed by atoms with Gasteiger partial charge in [0.1, 0.15) is 11.9 Å². The Morgan fingerprint density at radius 1 is 1.04 bits per heavy atom. The number of methoxy groups -OCH3 is 1. The molecule has 5 heterocycles. The molecule has 254 valence electrons. The van der Waals surface area contributed by atoms with E-state index in [1.807, 2.05) is 13.8 Å². The van der Waals surface area contributed by atoms with Crippen LogP contribution in [0, 0.1) is 5.92 Å². The number of nitrogens with zero attached hydrogens (tertiary/aromatic N) is 3. The fraction of sp³-hybridized carbons (Fsp3) is 0.421. The van der Waals surface area contributed by atoms with E-state index in [4.69, 9.17) is 24.2 Å². The molecule has 1 aromatic heterocycles. The topological polar surface area (TPSA) is 130 Å². The molecule has 0 radical (unpaired) electrons. The van der Waals surface area contributed by atoms with Crippen molar-refractivity contribution >= 4 is 34.2 Å². The highest BCUT2D eigenvalue weighted by molar-refractivity contribution is 6.04. The van der Waals surface area contributed by atoms with Gasteiger partial charge in [-0.3, -0.25) is 9.79 Å². The first-order valence-corrected chi connectivity index (χ1v) is 17.3. The molecular weight excluding hydrogens is 620 g/mol. The number of likely N-dealkylation sites (tertiary alicyclic amines) is 1. The zero-order valence-corrected chi connectivity index (χ0v) is 28.1. The lowest BCUT2D eigenvalue weighted by Crippen LogP contribution is -2.52. The molecule has 11 heteroatoms. The third-order valence-electron chi connectivity index (χ3n) is 10.4. The Kier molecular flexibility index (Phi) is 8.21. The smallest absolute Gasteiger partial charge is 0.407 e. The number of ether oxygens (including phenoxy) is 3. The number of benzene rings is 3. The van der Waals surface area contributed by atoms with E-state index in [9.17, 15) is 9.59 Å². The Hall–Kier alpha value is -4.58. The van der Waals surface area contributed by atoms with Gasteiger partial charge in [-0.25, -0.2) is 9.78 Å². The predicted octanol–water partition coefficient (Wildman–Crippen LogP) is 5.67. The van der Waals surface area contributed by atoms with Crippen molar-refractivity contribution in [2.75, 3.05) is 33.4 Å². The van der Waals surface area contributed by atoms with Crippen LogP contribution in [0.4, 0.5) is 10.5 Å². The van der Waals surface area contributed by atoms with Gasteiger partial charge >= 0.3 is 6.09 Å². The monoisotopic (exact) mass is 662 g/mol. The van der Waals surface area contributed by atoms with Crippen LogP contribution in [0.3, 0.4) is 0 Å². The summed E-state index contributed by atoms with van der Waals surface area (Å²) in [5.74, 6) is -0.654. The van der Waals surface area contributed by atoms with Crippen LogP contribution in [0.25, 0.3) is 33.2 Å². The Morgan fingerprint density at radius 2 is 1.82 bits per heavy atom. The van der Waals surface area contributed by atoms with Gasteiger partial charge in [0, 0.05) is 24.6 Å². The van der Waals surface area contributed by atoms with Crippen LogP contribution in [-0.4, -0.2) is 83.9 Å². The summed E-state index contributed by atoms with van der Waals surface area (Å²) < 4.78 is 16.8. The van der Waals surface area contributed by atoms with Gasteiger partial charge in [-0.2, -0.15) is 0 Å². The second kappa shape index (κ2) is 12.7. The third-order valence-corrected chi connectivity index (χ3v) is 10.4. The number of carbonyl (C=O) groups excluding carboxylic acids is 2. The van der Waals surface area contributed by atoms with Crippen LogP contribution in [0.5, 0.6) is 0 Å². The standard InChI is InChI=1S/C38H42N6O5/c1-22(2)34(43-37(46)47-3)36(45)44-21-38(48-15-16-49-38)19-33(44)35-40-20-32(42-35)24-8-6-23(7-9-24)25-10-12-27-26(17-25)11-13-29-28(27)18-31(41-29)30-5-4-14-39-30/h6-13,17,20,22,30,33-34,39H,4-5,14-16,18-19,21H2,1-3H3,(H,40,42)(H,43,46)/t30-,33-,34-/m0/s1. The zero-order valence-electron chi connectivity index (χ0n) is 28.1. The largest absolute Gasteiger partial charge is 0.453 e. The predicted molar refractivity (Wildman–Crippen MR) is 187 cm³/mol. The van der Waals surface area contributed by atoms with Gasteiger partial charge in [0.2, 0.25) is 5.91 Å². The molecule has 0 bridgehead atoms. The van der Waals surface area contributed by atoms with Crippen LogP contribution in [-0.2, 0) is 25.4 Å². The van der Waals surface area contributed by atoms with E-state index in [0.29, 0.717) is 31.5 Å². The van der Waals surface area contributed by atoms with E-state index in [-0.39, 0.29) is 18.4 Å². The van der Waals surface area contributed by atoms with Gasteiger partial charge in [-0.1, -0.05) is 56.3 Å². The summed E-state index contributed by atoms with van der Waals surface area (Å²) in [6.07, 6.45) is 4.89. The Labute approximate surface area is 285 Å². The lowest BCUT2D eigenvalue weighted by atomic mass is 9.95. The number of aromatic nitrogens is 2. The number of hydrogen-bond acceptors (Lipinski definition) is 8. The number of rotatable bonds is 7. The second-order valence-electron chi connectivity index (χ2n) is 13.8. The van der Waals surface area contributed by atoms with Crippen molar-refractivity contribution in [3.8, 4) is 22.4 Å². The molecule has 11 nitrogen and oxygen atoms in total. The lowest BCUT2D eigenvalue weighted by Gasteiger charge is -2.30. The quantitative estimate of drug-likeness (QED) is 0.232. The molecular formula is C38H42N6O5. The molecule has 3 N–H and O–H groups in total. The number of alkyl carbamates (subject to hydrolysis) is 1. The van der Waals surface area contributed by atoms with Crippen molar-refractivity contribution in [2.45, 2.75) is 63.4 Å². The summed E-state index contributed by atoms with van der Waals surface area (Å²) >= 11 is 0. The minimum Gasteiger partial charge on any atom is -0.453 e. The molecule has 3 saturated heterocycles. The van der Waals surface area contributed by atoms with Crippen molar-refractivity contribution in [1.82, 2.24) is 25.5 Å². The van der Waals surface area contributed by atoms with Gasteiger partial charge in [-0.05, 0) is 70.5 Å². The first-order valence-electron chi connectivity index (χ1n) is 17.3. The van der Waals surface area contributed by atoms with E-state index in [1.54, 1.807) is 11.1 Å². The van der Waals surface area contributed by atoms with Crippen LogP contribution >= 0.6 is 0 Å². The number of nitrogens with one attached hydrogen (secondary N) is 3. The summed E-state index contributed by atoms with van der Waals surface area (Å²) in [5, 5.41) is 8.80. The van der Waals surface area contributed by atoms with Gasteiger partial charge in [0.25, 0.3) is 0 Å². The molecule has 8 rings (SSSR count). The zero-order chi connectivity index (χ0) is 33.7. The van der Waals surface area contributed by atoms with Crippen LogP contribution in [0.2, 0.25) is 0 Å². The first kappa shape index (κ1) is 31.7. The Balaban J connectivity index is 1.01. The van der Waals surface area contributed by atoms with Crippen LogP contribution < -0.4 is 10.6 Å². The number of aromatic amines is 1. The summed E-state index contributed by atoms with van der Waals surface area (Å²) in [6.45, 7) is 6.02. The fourth-order valence-electron chi connectivity index (χ4n) is 7.79. The number of fused-ring (bicyclic) bond motifs is 3. The molecule has 1 spiro atoms. The van der Waals surface area contributed by atoms with Crippen molar-refractivity contribution in [2.24, 2.45) is 10.9 Å². The molecule has 4 aromatic rings. The van der Waals surface area contributed by atoms with E-state index in [1.165, 1.54) is 42.0 Å². The van der Waals surface area contributed by atoms with E-state index < -0.39 is 24.0 Å². The fourth-order valence-corrected chi connectivity index (χ4v) is 7.79. The maximum absolute atomic E-state index is 13.9. The van der Waals surface area contributed by atoms with Gasteiger partial charge < -0.3 is 34.7 Å². The average Bonchev–Trinajstić information content (AvgIpc) is 3.97. The molecule has 2 amide bonds. The van der Waals surface area contributed by atoms with Crippen molar-refractivity contribution in [1.29, 1.82) is 0 Å². The SMILES string of the molecule is COC(=O)N[C@H](C(=O)N1CC2(C[C@H]1c1ncc(-c3ccc(-c4ccc5c6c(ccc5c4)N=C([C@@H]4CCCN4)C6)cc3)[nH]1)OCCO2)C(C)C. The van der Waals surface area contributed by atoms with Crippen LogP contribution in [0.15, 0.2) is 65.8 Å². The number of carbonyl (C=O) groups is 2. The minimum absolute atomic E-state index is 0.163. The molecule has 0 aliphatic carbocycles. The number of H-pyrrole nitrogens is 1. The number of imidazole rings is 1. The Bertz CT molecular complexity index is 1920. The number of amides is 2. The normalized spacial score (nSPS) is 21.8. The minimum atomic E-state index is -0.899. The molecule has 3 atom stereocenters. The van der Waals surface area contributed by atoms with Gasteiger partial charge in [0.15, 0.2) is 5.79 Å². The van der Waals surface area contributed by atoms with E-state index in [0.717, 1.165) is 41.0 Å². The highest BCUT2D eigenvalue weighted by atomic mass is 16.7. The molecule has 0 unspecified atom stereocenters. The lowest BCUT2D eigenvalue weighted by molar-refractivity contribution is -0.153. The van der Waals surface area contributed by atoms with Crippen molar-refractivity contribution in [3.63, 3.8) is 0 Å². The summed E-state index contributed by atoms with van der Waals surface area (Å²) in [4.78, 5) is 40.9. The number of hydrogen-bond donors (Lipinski definition) is 3. The maximum atomic E-state index is 13.9. The van der Waals surface area contributed by atoms with Crippen molar-refractivity contribution in [3.05, 3.63) is 72.2 Å². The summed E-state index contributed by atoms with van der Waals surface area (Å²) in [5.41, 5.74) is 7.81. The Morgan fingerprint density at radius 3 is 2.55 bits per heavy atom. The molecule has 4 aliphatic heterocycles. The number of aliphatic imine (C=N–C) groups is 1. The molecule has 3 aromatic carbocycles. The van der Waals surface area contributed by atoms with E-state index >= 15 is 0 Å².